The molecule has 1 rings (SSSR count). The third-order valence-electron chi connectivity index (χ3n) is 2.19. The van der Waals surface area contributed by atoms with Crippen LogP contribution in [0.5, 0.6) is 0 Å². The maximum atomic E-state index is 2.37. The molecule has 70 valence electrons. The van der Waals surface area contributed by atoms with E-state index in [1.54, 1.807) is 0 Å². The summed E-state index contributed by atoms with van der Waals surface area (Å²) in [7, 11) is 0.173. The van der Waals surface area contributed by atoms with Gasteiger partial charge in [-0.1, -0.05) is 44.8 Å². The summed E-state index contributed by atoms with van der Waals surface area (Å²) >= 11 is 0. The van der Waals surface area contributed by atoms with Crippen molar-refractivity contribution in [1.29, 1.82) is 0 Å². The summed E-state index contributed by atoms with van der Waals surface area (Å²) in [6.07, 6.45) is 11.5. The minimum absolute atomic E-state index is 0.173. The molecule has 1 heteroatoms. The second kappa shape index (κ2) is 6.36. The van der Waals surface area contributed by atoms with E-state index < -0.39 is 0 Å². The molecule has 0 radical (unpaired) electrons. The number of rotatable bonds is 6. The van der Waals surface area contributed by atoms with Crippen LogP contribution in [-0.4, -0.2) is 5.75 Å². The van der Waals surface area contributed by atoms with Crippen molar-refractivity contribution in [2.24, 2.45) is 0 Å². The van der Waals surface area contributed by atoms with Gasteiger partial charge in [-0.05, 0) is 23.0 Å². The van der Waals surface area contributed by atoms with Crippen LogP contribution in [0.4, 0.5) is 0 Å². The Morgan fingerprint density at radius 2 is 1.58 bits per heavy atom. The molecule has 0 N–H and O–H groups in total. The fourth-order valence-electron chi connectivity index (χ4n) is 1.42. The molecular formula is C11H20S. The number of unbranched alkanes of at least 4 members (excludes halogenated alkanes) is 4. The molecule has 0 aromatic rings. The van der Waals surface area contributed by atoms with Crippen molar-refractivity contribution in [3.05, 3.63) is 23.0 Å². The van der Waals surface area contributed by atoms with Gasteiger partial charge in [-0.3, -0.25) is 0 Å². The smallest absolute Gasteiger partial charge is 0.0185 e. The Morgan fingerprint density at radius 3 is 2.25 bits per heavy atom. The molecule has 0 unspecified atom stereocenters. The van der Waals surface area contributed by atoms with E-state index in [1.807, 2.05) is 0 Å². The Labute approximate surface area is 79.1 Å². The van der Waals surface area contributed by atoms with E-state index in [0.29, 0.717) is 0 Å². The lowest BCUT2D eigenvalue weighted by molar-refractivity contribution is 0.659. The molecule has 0 atom stereocenters. The van der Waals surface area contributed by atoms with Crippen LogP contribution < -0.4 is 0 Å². The summed E-state index contributed by atoms with van der Waals surface area (Å²) < 4.78 is 0. The predicted molar refractivity (Wildman–Crippen MR) is 60.9 cm³/mol. The molecule has 0 saturated carbocycles. The minimum atomic E-state index is 0.173. The van der Waals surface area contributed by atoms with Crippen LogP contribution in [0.15, 0.2) is 23.0 Å². The van der Waals surface area contributed by atoms with Gasteiger partial charge in [0.25, 0.3) is 0 Å². The second-order valence-electron chi connectivity index (χ2n) is 3.34. The van der Waals surface area contributed by atoms with E-state index in [4.69, 9.17) is 0 Å². The highest BCUT2D eigenvalue weighted by Gasteiger charge is 1.97. The van der Waals surface area contributed by atoms with Gasteiger partial charge in [-0.15, -0.1) is 0 Å². The zero-order chi connectivity index (χ0) is 8.65. The summed E-state index contributed by atoms with van der Waals surface area (Å²) in [5.74, 6) is 1.42. The lowest BCUT2D eigenvalue weighted by Gasteiger charge is -2.08. The van der Waals surface area contributed by atoms with Crippen LogP contribution in [-0.2, 0) is 0 Å². The Bertz CT molecular complexity index is 146. The Hall–Kier alpha value is -0.170. The Kier molecular flexibility index (Phi) is 5.25. The number of allylic oxidation sites excluding steroid dienone is 2. The molecule has 1 aliphatic heterocycles. The highest BCUT2D eigenvalue weighted by molar-refractivity contribution is 8.22. The van der Waals surface area contributed by atoms with E-state index in [2.05, 4.69) is 29.9 Å². The minimum Gasteiger partial charge on any atom is -0.213 e. The maximum absolute atomic E-state index is 2.37. The lowest BCUT2D eigenvalue weighted by atomic mass is 10.2. The quantitative estimate of drug-likeness (QED) is 0.468. The Morgan fingerprint density at radius 1 is 0.917 bits per heavy atom. The first-order valence-electron chi connectivity index (χ1n) is 5.04. The molecule has 0 aromatic heterocycles. The van der Waals surface area contributed by atoms with Gasteiger partial charge >= 0.3 is 0 Å². The number of thiol groups is 1. The second-order valence-corrected chi connectivity index (χ2v) is 5.41. The van der Waals surface area contributed by atoms with Crippen molar-refractivity contribution < 1.29 is 0 Å². The number of hydrogen-bond acceptors (Lipinski definition) is 0. The molecule has 0 saturated heterocycles. The van der Waals surface area contributed by atoms with Crippen LogP contribution >= 0.6 is 10.9 Å². The maximum Gasteiger partial charge on any atom is -0.0185 e. The van der Waals surface area contributed by atoms with Gasteiger partial charge in [-0.2, -0.15) is 0 Å². The monoisotopic (exact) mass is 184 g/mol. The molecule has 0 spiro atoms. The van der Waals surface area contributed by atoms with Crippen molar-refractivity contribution in [2.75, 3.05) is 5.75 Å². The summed E-state index contributed by atoms with van der Waals surface area (Å²) in [5.41, 5.74) is 0. The van der Waals surface area contributed by atoms with E-state index in [1.165, 1.54) is 37.9 Å². The first-order valence-corrected chi connectivity index (χ1v) is 6.70. The molecule has 1 aliphatic rings. The van der Waals surface area contributed by atoms with Crippen molar-refractivity contribution in [2.45, 2.75) is 39.0 Å². The standard InChI is InChI=1S/C11H20S/c1-2-3-4-5-6-9-12-10-7-8-11-12/h7-8,10-12H,2-6,9H2,1H3. The van der Waals surface area contributed by atoms with Crippen molar-refractivity contribution >= 4 is 10.9 Å². The molecule has 0 aromatic carbocycles. The van der Waals surface area contributed by atoms with E-state index in [0.717, 1.165) is 0 Å². The van der Waals surface area contributed by atoms with Gasteiger partial charge < -0.3 is 0 Å². The molecule has 1 heterocycles. The van der Waals surface area contributed by atoms with Crippen LogP contribution in [0.1, 0.15) is 39.0 Å². The SMILES string of the molecule is CCCCCCC[SH]1C=CC=C1. The van der Waals surface area contributed by atoms with Crippen molar-refractivity contribution in [3.63, 3.8) is 0 Å². The van der Waals surface area contributed by atoms with E-state index in [9.17, 15) is 0 Å². The predicted octanol–water partition coefficient (Wildman–Crippen LogP) is 4.00. The normalized spacial score (nSPS) is 17.6. The average molecular weight is 184 g/mol. The molecular weight excluding hydrogens is 164 g/mol. The summed E-state index contributed by atoms with van der Waals surface area (Å²) in [6.45, 7) is 2.27. The van der Waals surface area contributed by atoms with Gasteiger partial charge in [0.2, 0.25) is 0 Å². The van der Waals surface area contributed by atoms with Gasteiger partial charge in [0, 0.05) is 0 Å². The zero-order valence-electron chi connectivity index (χ0n) is 8.00. The van der Waals surface area contributed by atoms with Gasteiger partial charge in [0.05, 0.1) is 0 Å². The largest absolute Gasteiger partial charge is 0.213 e. The summed E-state index contributed by atoms with van der Waals surface area (Å²) in [6, 6.07) is 0. The van der Waals surface area contributed by atoms with E-state index >= 15 is 0 Å². The fraction of sp³-hybridized carbons (Fsp3) is 0.636. The molecule has 0 amide bonds. The van der Waals surface area contributed by atoms with Crippen LogP contribution in [0.25, 0.3) is 0 Å². The molecule has 0 aliphatic carbocycles. The van der Waals surface area contributed by atoms with Gasteiger partial charge in [0.15, 0.2) is 0 Å². The van der Waals surface area contributed by atoms with Gasteiger partial charge in [-0.25, -0.2) is 10.9 Å². The molecule has 12 heavy (non-hydrogen) atoms. The fourth-order valence-corrected chi connectivity index (χ4v) is 3.04. The highest BCUT2D eigenvalue weighted by atomic mass is 32.2. The molecule has 0 fully saturated rings. The average Bonchev–Trinajstić information content (AvgIpc) is 2.57. The van der Waals surface area contributed by atoms with E-state index in [-0.39, 0.29) is 10.9 Å². The first kappa shape index (κ1) is 9.91. The van der Waals surface area contributed by atoms with Crippen molar-refractivity contribution in [1.82, 2.24) is 0 Å². The molecule has 0 nitrogen and oxygen atoms in total. The van der Waals surface area contributed by atoms with Crippen molar-refractivity contribution in [3.8, 4) is 0 Å². The number of hydrogen-bond donors (Lipinski definition) is 1. The third-order valence-corrected chi connectivity index (χ3v) is 4.13. The van der Waals surface area contributed by atoms with Crippen LogP contribution in [0, 0.1) is 0 Å². The lowest BCUT2D eigenvalue weighted by Crippen LogP contribution is -1.83. The van der Waals surface area contributed by atoms with Crippen LogP contribution in [0.2, 0.25) is 0 Å². The third kappa shape index (κ3) is 4.01. The first-order chi connectivity index (χ1) is 5.93. The summed E-state index contributed by atoms with van der Waals surface area (Å²) in [5, 5.41) is 4.74. The van der Waals surface area contributed by atoms with Crippen LogP contribution in [0.3, 0.4) is 0 Å². The topological polar surface area (TPSA) is 0 Å². The Balaban J connectivity index is 1.89. The van der Waals surface area contributed by atoms with Gasteiger partial charge in [0.1, 0.15) is 0 Å². The molecule has 0 bridgehead atoms. The highest BCUT2D eigenvalue weighted by Crippen LogP contribution is 2.33. The summed E-state index contributed by atoms with van der Waals surface area (Å²) in [4.78, 5) is 0. The zero-order valence-corrected chi connectivity index (χ0v) is 8.89.